The first kappa shape index (κ1) is 12.3. The van der Waals surface area contributed by atoms with Crippen molar-refractivity contribution in [2.75, 3.05) is 25.6 Å². The van der Waals surface area contributed by atoms with E-state index in [2.05, 4.69) is 14.8 Å². The van der Waals surface area contributed by atoms with Gasteiger partial charge in [0.15, 0.2) is 5.65 Å². The molecule has 0 saturated heterocycles. The number of esters is 1. The third kappa shape index (κ3) is 2.42. The fourth-order valence-electron chi connectivity index (χ4n) is 1.78. The van der Waals surface area contributed by atoms with E-state index in [1.807, 2.05) is 31.0 Å². The van der Waals surface area contributed by atoms with Crippen molar-refractivity contribution in [2.24, 2.45) is 0 Å². The van der Waals surface area contributed by atoms with E-state index in [-0.39, 0.29) is 5.97 Å². The zero-order valence-electron chi connectivity index (χ0n) is 10.8. The average Bonchev–Trinajstić information content (AvgIpc) is 2.82. The highest BCUT2D eigenvalue weighted by Gasteiger charge is 2.10. The van der Waals surface area contributed by atoms with Gasteiger partial charge in [-0.2, -0.15) is 9.61 Å². The van der Waals surface area contributed by atoms with Gasteiger partial charge in [-0.25, -0.2) is 4.98 Å². The van der Waals surface area contributed by atoms with Crippen LogP contribution in [-0.4, -0.2) is 41.3 Å². The Morgan fingerprint density at radius 3 is 3.00 bits per heavy atom. The summed E-state index contributed by atoms with van der Waals surface area (Å²) >= 11 is 0. The molecule has 0 fully saturated rings. The van der Waals surface area contributed by atoms with Crippen LogP contribution in [0.15, 0.2) is 18.5 Å². The summed E-state index contributed by atoms with van der Waals surface area (Å²) in [6.45, 7) is 2.58. The van der Waals surface area contributed by atoms with E-state index in [9.17, 15) is 4.79 Å². The lowest BCUT2D eigenvalue weighted by atomic mass is 10.2. The minimum absolute atomic E-state index is 0.218. The van der Waals surface area contributed by atoms with E-state index in [1.54, 1.807) is 4.52 Å². The predicted molar refractivity (Wildman–Crippen MR) is 67.6 cm³/mol. The zero-order chi connectivity index (χ0) is 13.1. The van der Waals surface area contributed by atoms with Crippen molar-refractivity contribution in [2.45, 2.75) is 13.3 Å². The molecule has 0 aliphatic carbocycles. The number of carbonyl (C=O) groups excluding carboxylic acids is 1. The average molecular weight is 248 g/mol. The van der Waals surface area contributed by atoms with Gasteiger partial charge < -0.3 is 9.64 Å². The predicted octanol–water partition coefficient (Wildman–Crippen LogP) is 1.04. The van der Waals surface area contributed by atoms with Gasteiger partial charge in [-0.05, 0) is 24.6 Å². The van der Waals surface area contributed by atoms with Gasteiger partial charge >= 0.3 is 5.97 Å². The molecule has 0 aliphatic rings. The van der Waals surface area contributed by atoms with E-state index in [1.165, 1.54) is 13.4 Å². The summed E-state index contributed by atoms with van der Waals surface area (Å²) in [6, 6.07) is 3.98. The number of carbonyl (C=O) groups is 1. The zero-order valence-corrected chi connectivity index (χ0v) is 10.8. The summed E-state index contributed by atoms with van der Waals surface area (Å²) in [5, 5.41) is 4.18. The van der Waals surface area contributed by atoms with Crippen LogP contribution in [-0.2, 0) is 9.53 Å². The van der Waals surface area contributed by atoms with Gasteiger partial charge in [0, 0.05) is 13.6 Å². The second-order valence-electron chi connectivity index (χ2n) is 4.17. The van der Waals surface area contributed by atoms with E-state index in [4.69, 9.17) is 0 Å². The highest BCUT2D eigenvalue weighted by Crippen LogP contribution is 2.16. The van der Waals surface area contributed by atoms with E-state index >= 15 is 0 Å². The van der Waals surface area contributed by atoms with Gasteiger partial charge in [-0.3, -0.25) is 4.79 Å². The van der Waals surface area contributed by atoms with Gasteiger partial charge in [0.2, 0.25) is 0 Å². The number of hydrogen-bond acceptors (Lipinski definition) is 5. The number of aryl methyl sites for hydroxylation is 1. The molecule has 6 nitrogen and oxygen atoms in total. The number of aromatic nitrogens is 3. The van der Waals surface area contributed by atoms with Crippen molar-refractivity contribution < 1.29 is 9.53 Å². The molecule has 0 aromatic carbocycles. The third-order valence-electron chi connectivity index (χ3n) is 2.77. The highest BCUT2D eigenvalue weighted by atomic mass is 16.5. The number of pyridine rings is 1. The first-order valence-corrected chi connectivity index (χ1v) is 5.70. The minimum atomic E-state index is -0.218. The van der Waals surface area contributed by atoms with Crippen LogP contribution in [0.4, 0.5) is 5.82 Å². The third-order valence-corrected chi connectivity index (χ3v) is 2.77. The van der Waals surface area contributed by atoms with Crippen molar-refractivity contribution in [1.29, 1.82) is 0 Å². The lowest BCUT2D eigenvalue weighted by molar-refractivity contribution is -0.140. The summed E-state index contributed by atoms with van der Waals surface area (Å²) in [5.41, 5.74) is 1.91. The largest absolute Gasteiger partial charge is 0.469 e. The summed E-state index contributed by atoms with van der Waals surface area (Å²) in [5.74, 6) is 0.691. The van der Waals surface area contributed by atoms with Crippen molar-refractivity contribution in [1.82, 2.24) is 14.6 Å². The molecule has 0 radical (unpaired) electrons. The SMILES string of the molecule is COC(=O)CCN(C)c1cc(C)cc2ncnn12. The Balaban J connectivity index is 2.23. The van der Waals surface area contributed by atoms with Crippen LogP contribution in [0.3, 0.4) is 0 Å². The Kier molecular flexibility index (Phi) is 3.45. The molecule has 0 N–H and O–H groups in total. The lowest BCUT2D eigenvalue weighted by Crippen LogP contribution is -2.24. The van der Waals surface area contributed by atoms with E-state index in [0.29, 0.717) is 13.0 Å². The molecular formula is C12H16N4O2. The van der Waals surface area contributed by atoms with E-state index in [0.717, 1.165) is 17.0 Å². The van der Waals surface area contributed by atoms with Crippen molar-refractivity contribution >= 4 is 17.4 Å². The number of rotatable bonds is 4. The Morgan fingerprint density at radius 2 is 2.28 bits per heavy atom. The molecule has 6 heteroatoms. The number of ether oxygens (including phenoxy) is 1. The van der Waals surface area contributed by atoms with Gasteiger partial charge in [-0.1, -0.05) is 0 Å². The van der Waals surface area contributed by atoms with Crippen LogP contribution in [0.1, 0.15) is 12.0 Å². The minimum Gasteiger partial charge on any atom is -0.469 e. The molecule has 0 amide bonds. The number of fused-ring (bicyclic) bond motifs is 1. The van der Waals surface area contributed by atoms with E-state index < -0.39 is 0 Å². The van der Waals surface area contributed by atoms with Crippen molar-refractivity contribution in [3.63, 3.8) is 0 Å². The van der Waals surface area contributed by atoms with Crippen LogP contribution in [0.5, 0.6) is 0 Å². The van der Waals surface area contributed by atoms with Crippen molar-refractivity contribution in [3.05, 3.63) is 24.0 Å². The molecule has 2 heterocycles. The van der Waals surface area contributed by atoms with Crippen LogP contribution in [0.2, 0.25) is 0 Å². The van der Waals surface area contributed by atoms with Gasteiger partial charge in [0.25, 0.3) is 0 Å². The molecule has 0 unspecified atom stereocenters. The molecule has 0 saturated carbocycles. The number of methoxy groups -OCH3 is 1. The Labute approximate surface area is 105 Å². The number of hydrogen-bond donors (Lipinski definition) is 0. The maximum atomic E-state index is 11.1. The van der Waals surface area contributed by atoms with Crippen LogP contribution in [0, 0.1) is 6.92 Å². The van der Waals surface area contributed by atoms with Gasteiger partial charge in [0.1, 0.15) is 12.1 Å². The fraction of sp³-hybridized carbons (Fsp3) is 0.417. The molecule has 0 atom stereocenters. The van der Waals surface area contributed by atoms with Crippen LogP contribution < -0.4 is 4.90 Å². The quantitative estimate of drug-likeness (QED) is 0.756. The maximum absolute atomic E-state index is 11.1. The second-order valence-corrected chi connectivity index (χ2v) is 4.17. The molecule has 0 spiro atoms. The molecule has 2 rings (SSSR count). The highest BCUT2D eigenvalue weighted by molar-refractivity contribution is 5.70. The summed E-state index contributed by atoms with van der Waals surface area (Å²) in [7, 11) is 3.31. The monoisotopic (exact) mass is 248 g/mol. The normalized spacial score (nSPS) is 10.6. The molecule has 96 valence electrons. The first-order chi connectivity index (χ1) is 8.61. The summed E-state index contributed by atoms with van der Waals surface area (Å²) < 4.78 is 6.39. The second kappa shape index (κ2) is 5.03. The Morgan fingerprint density at radius 1 is 1.50 bits per heavy atom. The molecule has 2 aromatic rings. The Bertz CT molecular complexity index is 564. The van der Waals surface area contributed by atoms with Crippen LogP contribution in [0.25, 0.3) is 5.65 Å². The van der Waals surface area contributed by atoms with Crippen LogP contribution >= 0.6 is 0 Å². The van der Waals surface area contributed by atoms with Gasteiger partial charge in [0.05, 0.1) is 13.5 Å². The fourth-order valence-corrected chi connectivity index (χ4v) is 1.78. The topological polar surface area (TPSA) is 59.7 Å². The molecule has 18 heavy (non-hydrogen) atoms. The summed E-state index contributed by atoms with van der Waals surface area (Å²) in [4.78, 5) is 17.3. The lowest BCUT2D eigenvalue weighted by Gasteiger charge is -2.19. The molecule has 0 bridgehead atoms. The van der Waals surface area contributed by atoms with Crippen molar-refractivity contribution in [3.8, 4) is 0 Å². The summed E-state index contributed by atoms with van der Waals surface area (Å²) in [6.07, 6.45) is 1.86. The number of nitrogens with zero attached hydrogens (tertiary/aromatic N) is 4. The maximum Gasteiger partial charge on any atom is 0.307 e. The standard InChI is InChI=1S/C12H16N4O2/c1-9-6-10-13-8-14-16(10)11(7-9)15(2)5-4-12(17)18-3/h6-8H,4-5H2,1-3H3. The first-order valence-electron chi connectivity index (χ1n) is 5.70. The molecule has 2 aromatic heterocycles. The number of anilines is 1. The molecule has 0 aliphatic heterocycles. The molecular weight excluding hydrogens is 232 g/mol. The van der Waals surface area contributed by atoms with Gasteiger partial charge in [-0.15, -0.1) is 0 Å². The smallest absolute Gasteiger partial charge is 0.307 e. The Hall–Kier alpha value is -2.11.